The molecule has 214 valence electrons. The first-order chi connectivity index (χ1) is 18.9. The van der Waals surface area contributed by atoms with Crippen LogP contribution in [0.3, 0.4) is 0 Å². The second-order valence-corrected chi connectivity index (χ2v) is 12.8. The van der Waals surface area contributed by atoms with E-state index in [1.165, 1.54) is 12.1 Å². The van der Waals surface area contributed by atoms with Crippen molar-refractivity contribution >= 4 is 17.5 Å². The molecule has 40 heavy (non-hydrogen) atoms. The number of amides is 1. The Balaban J connectivity index is 1.33. The number of hydrogen-bond donors (Lipinski definition) is 1. The smallest absolute Gasteiger partial charge is 0.226 e. The molecular formula is C31H38ClF2N5O. The summed E-state index contributed by atoms with van der Waals surface area (Å²) in [5.74, 6) is -0.0392. The van der Waals surface area contributed by atoms with Gasteiger partial charge in [0.1, 0.15) is 23.3 Å². The lowest BCUT2D eigenvalue weighted by molar-refractivity contribution is -0.137. The van der Waals surface area contributed by atoms with Crippen LogP contribution < -0.4 is 5.32 Å². The van der Waals surface area contributed by atoms with Crippen molar-refractivity contribution in [3.05, 3.63) is 75.8 Å². The van der Waals surface area contributed by atoms with Crippen LogP contribution in [-0.2, 0) is 4.79 Å². The van der Waals surface area contributed by atoms with E-state index in [1.807, 2.05) is 41.6 Å². The summed E-state index contributed by atoms with van der Waals surface area (Å²) in [7, 11) is 0. The molecule has 0 bridgehead atoms. The van der Waals surface area contributed by atoms with E-state index in [9.17, 15) is 13.6 Å². The van der Waals surface area contributed by atoms with Gasteiger partial charge < -0.3 is 10.2 Å². The fourth-order valence-electron chi connectivity index (χ4n) is 6.43. The molecule has 1 aliphatic carbocycles. The number of halogens is 3. The molecule has 2 aliphatic rings. The zero-order valence-electron chi connectivity index (χ0n) is 23.8. The van der Waals surface area contributed by atoms with Gasteiger partial charge in [-0.25, -0.2) is 18.4 Å². The van der Waals surface area contributed by atoms with Gasteiger partial charge in [-0.1, -0.05) is 17.7 Å². The highest BCUT2D eigenvalue weighted by molar-refractivity contribution is 6.31. The number of carbonyl (C=O) groups is 1. The second kappa shape index (κ2) is 11.2. The summed E-state index contributed by atoms with van der Waals surface area (Å²) in [5.41, 5.74) is 2.18. The molecule has 1 N–H and O–H groups in total. The molecule has 2 aromatic carbocycles. The molecule has 3 atom stereocenters. The van der Waals surface area contributed by atoms with Crippen LogP contribution >= 0.6 is 11.6 Å². The van der Waals surface area contributed by atoms with Gasteiger partial charge >= 0.3 is 0 Å². The van der Waals surface area contributed by atoms with Crippen molar-refractivity contribution < 1.29 is 13.6 Å². The van der Waals surface area contributed by atoms with Gasteiger partial charge in [0.25, 0.3) is 0 Å². The Kier molecular flexibility index (Phi) is 8.03. The summed E-state index contributed by atoms with van der Waals surface area (Å²) < 4.78 is 30.5. The van der Waals surface area contributed by atoms with E-state index in [0.717, 1.165) is 36.0 Å². The number of aryl methyl sites for hydroxylation is 2. The van der Waals surface area contributed by atoms with E-state index in [0.29, 0.717) is 42.3 Å². The molecule has 1 amide bonds. The van der Waals surface area contributed by atoms with E-state index in [2.05, 4.69) is 31.2 Å². The first-order valence-corrected chi connectivity index (χ1v) is 14.5. The highest BCUT2D eigenvalue weighted by atomic mass is 35.5. The number of nitrogens with one attached hydrogen (secondary N) is 1. The molecule has 1 unspecified atom stereocenters. The van der Waals surface area contributed by atoms with Crippen LogP contribution in [0.1, 0.15) is 81.1 Å². The van der Waals surface area contributed by atoms with Crippen molar-refractivity contribution in [3.63, 3.8) is 0 Å². The van der Waals surface area contributed by atoms with Crippen LogP contribution in [0.5, 0.6) is 0 Å². The van der Waals surface area contributed by atoms with Crippen molar-refractivity contribution in [2.24, 2.45) is 5.92 Å². The lowest BCUT2D eigenvalue weighted by Gasteiger charge is -2.34. The van der Waals surface area contributed by atoms with Crippen molar-refractivity contribution in [3.8, 4) is 5.69 Å². The summed E-state index contributed by atoms with van der Waals surface area (Å²) >= 11 is 6.24. The molecule has 1 saturated heterocycles. The van der Waals surface area contributed by atoms with Crippen LogP contribution in [0.2, 0.25) is 5.02 Å². The number of likely N-dealkylation sites (tertiary alicyclic amines) is 1. The third-order valence-corrected chi connectivity index (χ3v) is 8.60. The molecule has 9 heteroatoms. The van der Waals surface area contributed by atoms with Crippen LogP contribution in [-0.4, -0.2) is 50.2 Å². The van der Waals surface area contributed by atoms with Gasteiger partial charge in [0.15, 0.2) is 0 Å². The first kappa shape index (κ1) is 28.7. The molecule has 6 nitrogen and oxygen atoms in total. The topological polar surface area (TPSA) is 63.1 Å². The predicted molar refractivity (Wildman–Crippen MR) is 153 cm³/mol. The summed E-state index contributed by atoms with van der Waals surface area (Å²) in [5, 5.41) is 8.96. The van der Waals surface area contributed by atoms with Gasteiger partial charge in [-0.15, -0.1) is 0 Å². The summed E-state index contributed by atoms with van der Waals surface area (Å²) in [6.45, 7) is 11.3. The molecule has 1 saturated carbocycles. The highest BCUT2D eigenvalue weighted by Crippen LogP contribution is 2.43. The zero-order valence-corrected chi connectivity index (χ0v) is 24.6. The fourth-order valence-corrected chi connectivity index (χ4v) is 6.54. The van der Waals surface area contributed by atoms with E-state index in [1.54, 1.807) is 0 Å². The summed E-state index contributed by atoms with van der Waals surface area (Å²) in [6, 6.07) is 9.62. The Morgan fingerprint density at radius 3 is 2.42 bits per heavy atom. The molecule has 2 fully saturated rings. The van der Waals surface area contributed by atoms with Gasteiger partial charge in [-0.05, 0) is 102 Å². The third kappa shape index (κ3) is 6.08. The van der Waals surface area contributed by atoms with Crippen molar-refractivity contribution in [1.82, 2.24) is 25.0 Å². The Hall–Kier alpha value is -2.84. The minimum absolute atomic E-state index is 0.0522. The van der Waals surface area contributed by atoms with Gasteiger partial charge in [-0.3, -0.25) is 4.79 Å². The maximum absolute atomic E-state index is 14.9. The van der Waals surface area contributed by atoms with Crippen LogP contribution in [0.15, 0.2) is 36.4 Å². The molecule has 0 radical (unpaired) electrons. The van der Waals surface area contributed by atoms with E-state index in [-0.39, 0.29) is 35.2 Å². The van der Waals surface area contributed by atoms with Crippen LogP contribution in [0.25, 0.3) is 5.69 Å². The molecule has 1 aliphatic heterocycles. The quantitative estimate of drug-likeness (QED) is 0.382. The molecule has 0 spiro atoms. The van der Waals surface area contributed by atoms with Gasteiger partial charge in [0.2, 0.25) is 5.91 Å². The fraction of sp³-hybridized carbons (Fsp3) is 0.516. The number of piperidine rings is 1. The van der Waals surface area contributed by atoms with Crippen molar-refractivity contribution in [2.75, 3.05) is 13.1 Å². The highest BCUT2D eigenvalue weighted by Gasteiger charge is 2.43. The third-order valence-electron chi connectivity index (χ3n) is 8.17. The molecule has 5 rings (SSSR count). The van der Waals surface area contributed by atoms with E-state index >= 15 is 0 Å². The van der Waals surface area contributed by atoms with Crippen LogP contribution in [0, 0.1) is 31.4 Å². The zero-order chi connectivity index (χ0) is 28.8. The molecule has 1 aromatic heterocycles. The largest absolute Gasteiger partial charge is 0.342 e. The number of benzene rings is 2. The summed E-state index contributed by atoms with van der Waals surface area (Å²) in [4.78, 5) is 20.6. The molecular weight excluding hydrogens is 532 g/mol. The number of nitrogens with zero attached hydrogens (tertiary/aromatic N) is 4. The average Bonchev–Trinajstić information content (AvgIpc) is 3.47. The standard InChI is InChI=1S/C31H38ClF2N5O/c1-18-14-23(7-9-27(18)32)39-29(35-19(2)37-39)20-10-12-38(13-11-20)30(40)26-17-22(36-31(3,4)5)16-25(26)24-8-6-21(33)15-28(24)34/h6-9,14-15,20,22,25-26,36H,10-13,16-17H2,1-5H3/t22?,25-,26+/m0/s1. The van der Waals surface area contributed by atoms with E-state index < -0.39 is 11.6 Å². The van der Waals surface area contributed by atoms with Gasteiger partial charge in [-0.2, -0.15) is 5.10 Å². The van der Waals surface area contributed by atoms with Gasteiger partial charge in [0, 0.05) is 47.6 Å². The minimum atomic E-state index is -0.606. The Morgan fingerprint density at radius 2 is 1.77 bits per heavy atom. The lowest BCUT2D eigenvalue weighted by Crippen LogP contribution is -2.44. The summed E-state index contributed by atoms with van der Waals surface area (Å²) in [6.07, 6.45) is 2.79. The number of aromatic nitrogens is 3. The molecule has 2 heterocycles. The maximum atomic E-state index is 14.9. The number of hydrogen-bond acceptors (Lipinski definition) is 4. The monoisotopic (exact) mass is 569 g/mol. The Labute approximate surface area is 240 Å². The minimum Gasteiger partial charge on any atom is -0.342 e. The first-order valence-electron chi connectivity index (χ1n) is 14.1. The second-order valence-electron chi connectivity index (χ2n) is 12.4. The predicted octanol–water partition coefficient (Wildman–Crippen LogP) is 6.47. The lowest BCUT2D eigenvalue weighted by atomic mass is 9.86. The molecule has 3 aromatic rings. The van der Waals surface area contributed by atoms with Crippen molar-refractivity contribution in [1.29, 1.82) is 0 Å². The van der Waals surface area contributed by atoms with Gasteiger partial charge in [0.05, 0.1) is 5.69 Å². The Morgan fingerprint density at radius 1 is 1.05 bits per heavy atom. The van der Waals surface area contributed by atoms with Crippen LogP contribution in [0.4, 0.5) is 8.78 Å². The maximum Gasteiger partial charge on any atom is 0.226 e. The number of carbonyl (C=O) groups excluding carboxylic acids is 1. The average molecular weight is 570 g/mol. The number of rotatable bonds is 5. The van der Waals surface area contributed by atoms with Crippen molar-refractivity contribution in [2.45, 2.75) is 83.7 Å². The van der Waals surface area contributed by atoms with E-state index in [4.69, 9.17) is 16.6 Å². The normalized spacial score (nSPS) is 22.2. The SMILES string of the molecule is Cc1nc(C2CCN(C(=O)[C@@H]3CC(NC(C)(C)C)C[C@H]3c3ccc(F)cc3F)CC2)n(-c2ccc(Cl)c(C)c2)n1. The Bertz CT molecular complexity index is 1390.